The summed E-state index contributed by atoms with van der Waals surface area (Å²) in [4.78, 5) is 24.8. The Kier molecular flexibility index (Phi) is 30.3. The Labute approximate surface area is 249 Å². The average Bonchev–Trinajstić information content (AvgIpc) is 2.96. The Bertz CT molecular complexity index is 554. The zero-order valence-corrected chi connectivity index (χ0v) is 26.9. The maximum absolute atomic E-state index is 12.5. The van der Waals surface area contributed by atoms with E-state index in [1.165, 1.54) is 128 Å². The molecule has 0 aromatic heterocycles. The molecule has 0 bridgehead atoms. The van der Waals surface area contributed by atoms with E-state index < -0.39 is 24.5 Å². The number of aliphatic hydroxyl groups excluding tert-OH is 2. The van der Waals surface area contributed by atoms with E-state index >= 15 is 0 Å². The van der Waals surface area contributed by atoms with Gasteiger partial charge in [-0.2, -0.15) is 0 Å². The number of ketones is 1. The number of carbonyl (C=O) groups excluding carboxylic acids is 2. The van der Waals surface area contributed by atoms with Gasteiger partial charge in [-0.25, -0.2) is 0 Å². The normalized spacial score (nSPS) is 12.9. The quantitative estimate of drug-likeness (QED) is 0.0707. The molecule has 5 heteroatoms. The summed E-state index contributed by atoms with van der Waals surface area (Å²) < 4.78 is 0. The zero-order chi connectivity index (χ0) is 29.5. The highest BCUT2D eigenvalue weighted by Crippen LogP contribution is 2.15. The second-order valence-electron chi connectivity index (χ2n) is 12.2. The van der Waals surface area contributed by atoms with E-state index in [0.717, 1.165) is 38.5 Å². The lowest BCUT2D eigenvalue weighted by Crippen LogP contribution is -2.47. The number of unbranched alkanes of at least 4 members (excludes halogenated alkanes) is 24. The van der Waals surface area contributed by atoms with Crippen molar-refractivity contribution in [1.29, 1.82) is 0 Å². The summed E-state index contributed by atoms with van der Waals surface area (Å²) in [7, 11) is 0. The lowest BCUT2D eigenvalue weighted by molar-refractivity contribution is -0.134. The SMILES string of the molecule is CCCCCCCCCCCCCCCC(=O)NC(CO)C(=O)C(O)CCCCCCCCCCCCCCC. The Morgan fingerprint density at radius 1 is 0.525 bits per heavy atom. The van der Waals surface area contributed by atoms with E-state index in [0.29, 0.717) is 12.8 Å². The summed E-state index contributed by atoms with van der Waals surface area (Å²) in [6.45, 7) is 4.05. The number of rotatable bonds is 32. The smallest absolute Gasteiger partial charge is 0.220 e. The third-order valence-electron chi connectivity index (χ3n) is 8.28. The van der Waals surface area contributed by atoms with E-state index in [1.54, 1.807) is 0 Å². The number of aliphatic hydroxyl groups is 2. The van der Waals surface area contributed by atoms with Gasteiger partial charge in [-0.15, -0.1) is 0 Å². The molecule has 40 heavy (non-hydrogen) atoms. The first kappa shape index (κ1) is 39.1. The van der Waals surface area contributed by atoms with Crippen LogP contribution < -0.4 is 5.32 Å². The lowest BCUT2D eigenvalue weighted by atomic mass is 10.0. The van der Waals surface area contributed by atoms with E-state index in [1.807, 2.05) is 0 Å². The standard InChI is InChI=1S/C35H69NO4/c1-3-5-7-9-11-13-15-17-19-21-23-25-27-29-33(38)35(40)32(31-37)36-34(39)30-28-26-24-22-20-18-16-14-12-10-8-6-4-2/h32-33,37-38H,3-31H2,1-2H3,(H,36,39). The van der Waals surface area contributed by atoms with Gasteiger partial charge in [0.15, 0.2) is 5.78 Å². The van der Waals surface area contributed by atoms with Crippen LogP contribution in [-0.2, 0) is 9.59 Å². The second-order valence-corrected chi connectivity index (χ2v) is 12.2. The summed E-state index contributed by atoms with van der Waals surface area (Å²) in [5.41, 5.74) is 0. The van der Waals surface area contributed by atoms with Crippen molar-refractivity contribution in [3.63, 3.8) is 0 Å². The first-order valence-electron chi connectivity index (χ1n) is 17.7. The topological polar surface area (TPSA) is 86.6 Å². The van der Waals surface area contributed by atoms with E-state index in [-0.39, 0.29) is 5.91 Å². The lowest BCUT2D eigenvalue weighted by Gasteiger charge is -2.18. The minimum atomic E-state index is -1.11. The third-order valence-corrected chi connectivity index (χ3v) is 8.28. The van der Waals surface area contributed by atoms with Gasteiger partial charge in [0.25, 0.3) is 0 Å². The summed E-state index contributed by atoms with van der Waals surface area (Å²) in [6, 6.07) is -0.994. The molecule has 0 aliphatic carbocycles. The predicted octanol–water partition coefficient (Wildman–Crippen LogP) is 9.36. The van der Waals surface area contributed by atoms with Crippen molar-refractivity contribution < 1.29 is 19.8 Å². The summed E-state index contributed by atoms with van der Waals surface area (Å²) >= 11 is 0. The van der Waals surface area contributed by atoms with E-state index in [2.05, 4.69) is 19.2 Å². The fraction of sp³-hybridized carbons (Fsp3) is 0.943. The van der Waals surface area contributed by atoms with Crippen molar-refractivity contribution in [2.45, 2.75) is 206 Å². The molecule has 0 aromatic carbocycles. The number of amides is 1. The van der Waals surface area contributed by atoms with Crippen LogP contribution in [0.4, 0.5) is 0 Å². The minimum absolute atomic E-state index is 0.205. The molecule has 0 heterocycles. The van der Waals surface area contributed by atoms with Crippen LogP contribution in [0.5, 0.6) is 0 Å². The van der Waals surface area contributed by atoms with Gasteiger partial charge >= 0.3 is 0 Å². The fourth-order valence-corrected chi connectivity index (χ4v) is 5.51. The van der Waals surface area contributed by atoms with Crippen LogP contribution in [0, 0.1) is 0 Å². The van der Waals surface area contributed by atoms with Gasteiger partial charge in [-0.1, -0.05) is 174 Å². The molecule has 0 saturated carbocycles. The van der Waals surface area contributed by atoms with Crippen LogP contribution in [0.3, 0.4) is 0 Å². The molecular formula is C35H69NO4. The summed E-state index contributed by atoms with van der Waals surface area (Å²) in [6.07, 6.45) is 32.3. The number of nitrogens with one attached hydrogen (secondary N) is 1. The third kappa shape index (κ3) is 26.0. The second kappa shape index (κ2) is 31.0. The molecule has 2 atom stereocenters. The number of hydrogen-bond acceptors (Lipinski definition) is 4. The van der Waals surface area contributed by atoms with Crippen molar-refractivity contribution in [2.24, 2.45) is 0 Å². The van der Waals surface area contributed by atoms with E-state index in [4.69, 9.17) is 0 Å². The molecule has 0 aliphatic heterocycles. The minimum Gasteiger partial charge on any atom is -0.394 e. The molecule has 0 aromatic rings. The van der Waals surface area contributed by atoms with Gasteiger partial charge in [0.1, 0.15) is 12.1 Å². The molecule has 0 fully saturated rings. The highest BCUT2D eigenvalue weighted by Gasteiger charge is 2.25. The van der Waals surface area contributed by atoms with Crippen molar-refractivity contribution >= 4 is 11.7 Å². The van der Waals surface area contributed by atoms with Crippen LogP contribution in [-0.4, -0.2) is 40.7 Å². The molecule has 5 nitrogen and oxygen atoms in total. The van der Waals surface area contributed by atoms with Crippen LogP contribution in [0.1, 0.15) is 194 Å². The highest BCUT2D eigenvalue weighted by molar-refractivity contribution is 5.91. The van der Waals surface area contributed by atoms with Crippen LogP contribution >= 0.6 is 0 Å². The molecule has 0 spiro atoms. The van der Waals surface area contributed by atoms with Gasteiger partial charge in [0.05, 0.1) is 6.61 Å². The first-order valence-corrected chi connectivity index (χ1v) is 17.7. The monoisotopic (exact) mass is 568 g/mol. The molecule has 3 N–H and O–H groups in total. The van der Waals surface area contributed by atoms with Gasteiger partial charge in [0.2, 0.25) is 5.91 Å². The van der Waals surface area contributed by atoms with Crippen LogP contribution in [0.2, 0.25) is 0 Å². The molecule has 0 saturated heterocycles. The fourth-order valence-electron chi connectivity index (χ4n) is 5.51. The average molecular weight is 568 g/mol. The molecule has 0 rings (SSSR count). The Morgan fingerprint density at radius 2 is 0.850 bits per heavy atom. The molecule has 0 radical (unpaired) electrons. The number of hydrogen-bond donors (Lipinski definition) is 3. The Morgan fingerprint density at radius 3 is 1.20 bits per heavy atom. The van der Waals surface area contributed by atoms with Gasteiger partial charge in [-0.05, 0) is 12.8 Å². The molecule has 1 amide bonds. The molecule has 2 unspecified atom stereocenters. The van der Waals surface area contributed by atoms with Crippen molar-refractivity contribution in [3.8, 4) is 0 Å². The Balaban J connectivity index is 3.69. The Hall–Kier alpha value is -0.940. The van der Waals surface area contributed by atoms with Crippen molar-refractivity contribution in [3.05, 3.63) is 0 Å². The van der Waals surface area contributed by atoms with Gasteiger partial charge in [-0.3, -0.25) is 9.59 Å². The maximum atomic E-state index is 12.5. The van der Waals surface area contributed by atoms with Gasteiger partial charge in [0, 0.05) is 6.42 Å². The predicted molar refractivity (Wildman–Crippen MR) is 171 cm³/mol. The van der Waals surface area contributed by atoms with Crippen molar-refractivity contribution in [1.82, 2.24) is 5.32 Å². The van der Waals surface area contributed by atoms with Crippen LogP contribution in [0.25, 0.3) is 0 Å². The molecule has 238 valence electrons. The number of Topliss-reactive ketones (excluding diaryl/α,β-unsaturated/α-hetero) is 1. The molecular weight excluding hydrogens is 498 g/mol. The summed E-state index contributed by atoms with van der Waals surface area (Å²) in [5.74, 6) is -0.663. The van der Waals surface area contributed by atoms with Crippen LogP contribution in [0.15, 0.2) is 0 Å². The molecule has 0 aliphatic rings. The first-order chi connectivity index (χ1) is 19.6. The summed E-state index contributed by atoms with van der Waals surface area (Å²) in [5, 5.41) is 22.6. The largest absolute Gasteiger partial charge is 0.394 e. The van der Waals surface area contributed by atoms with E-state index in [9.17, 15) is 19.8 Å². The number of carbonyl (C=O) groups is 2. The highest BCUT2D eigenvalue weighted by atomic mass is 16.3. The maximum Gasteiger partial charge on any atom is 0.220 e. The van der Waals surface area contributed by atoms with Gasteiger partial charge < -0.3 is 15.5 Å². The van der Waals surface area contributed by atoms with Crippen molar-refractivity contribution in [2.75, 3.05) is 6.61 Å². The zero-order valence-electron chi connectivity index (χ0n) is 26.9.